The fourth-order valence-corrected chi connectivity index (χ4v) is 2.11. The van der Waals surface area contributed by atoms with E-state index in [0.29, 0.717) is 6.54 Å². The third-order valence-electron chi connectivity index (χ3n) is 2.61. The van der Waals surface area contributed by atoms with Crippen molar-refractivity contribution in [2.75, 3.05) is 7.05 Å². The summed E-state index contributed by atoms with van der Waals surface area (Å²) in [6.45, 7) is 6.00. The van der Waals surface area contributed by atoms with E-state index in [0.717, 1.165) is 21.3 Å². The van der Waals surface area contributed by atoms with Crippen LogP contribution >= 0.6 is 15.9 Å². The molecule has 20 heavy (non-hydrogen) atoms. The summed E-state index contributed by atoms with van der Waals surface area (Å²) >= 11 is 3.34. The maximum atomic E-state index is 11.9. The first-order valence-electron chi connectivity index (χ1n) is 6.33. The Kier molecular flexibility index (Phi) is 4.04. The van der Waals surface area contributed by atoms with Gasteiger partial charge in [0.25, 0.3) is 0 Å². The van der Waals surface area contributed by atoms with Crippen molar-refractivity contribution in [3.05, 3.63) is 28.5 Å². The van der Waals surface area contributed by atoms with Crippen LogP contribution in [0.5, 0.6) is 0 Å². The number of rotatable bonds is 2. The highest BCUT2D eigenvalue weighted by Gasteiger charge is 2.20. The van der Waals surface area contributed by atoms with Crippen LogP contribution in [0.1, 0.15) is 26.5 Å². The largest absolute Gasteiger partial charge is 0.444 e. The highest BCUT2D eigenvalue weighted by molar-refractivity contribution is 9.10. The van der Waals surface area contributed by atoms with Gasteiger partial charge in [-0.05, 0) is 54.9 Å². The van der Waals surface area contributed by atoms with E-state index in [1.54, 1.807) is 7.05 Å². The van der Waals surface area contributed by atoms with Gasteiger partial charge in [-0.3, -0.25) is 0 Å². The van der Waals surface area contributed by atoms with Crippen LogP contribution in [-0.2, 0) is 11.3 Å². The summed E-state index contributed by atoms with van der Waals surface area (Å²) in [4.78, 5) is 21.0. The SMILES string of the molecule is CN(Cc1cc2nc(Br)ccc2[nH]1)C(=O)OC(C)(C)C. The van der Waals surface area contributed by atoms with Gasteiger partial charge in [0, 0.05) is 12.7 Å². The zero-order valence-electron chi connectivity index (χ0n) is 12.0. The average Bonchev–Trinajstić information content (AvgIpc) is 2.67. The summed E-state index contributed by atoms with van der Waals surface area (Å²) in [5, 5.41) is 0. The lowest BCUT2D eigenvalue weighted by Gasteiger charge is -2.24. The number of ether oxygens (including phenoxy) is 1. The van der Waals surface area contributed by atoms with E-state index in [1.807, 2.05) is 39.0 Å². The topological polar surface area (TPSA) is 58.2 Å². The minimum atomic E-state index is -0.488. The number of aromatic amines is 1. The maximum Gasteiger partial charge on any atom is 0.410 e. The highest BCUT2D eigenvalue weighted by atomic mass is 79.9. The molecule has 0 aliphatic carbocycles. The predicted octanol–water partition coefficient (Wildman–Crippen LogP) is 3.69. The number of pyridine rings is 1. The molecule has 0 saturated heterocycles. The highest BCUT2D eigenvalue weighted by Crippen LogP contribution is 2.18. The molecule has 0 aromatic carbocycles. The van der Waals surface area contributed by atoms with E-state index in [9.17, 15) is 4.79 Å². The Bertz CT molecular complexity index is 631. The van der Waals surface area contributed by atoms with Crippen LogP contribution in [0, 0.1) is 0 Å². The number of nitrogens with one attached hydrogen (secondary N) is 1. The second-order valence-electron chi connectivity index (χ2n) is 5.70. The molecule has 1 amide bonds. The van der Waals surface area contributed by atoms with Gasteiger partial charge in [-0.2, -0.15) is 0 Å². The summed E-state index contributed by atoms with van der Waals surface area (Å²) in [6.07, 6.45) is -0.342. The molecule has 0 aliphatic heterocycles. The molecule has 0 saturated carbocycles. The van der Waals surface area contributed by atoms with Crippen molar-refractivity contribution in [3.8, 4) is 0 Å². The quantitative estimate of drug-likeness (QED) is 0.848. The molecule has 0 bridgehead atoms. The number of H-pyrrole nitrogens is 1. The number of nitrogens with zero attached hydrogens (tertiary/aromatic N) is 2. The Morgan fingerprint density at radius 2 is 2.15 bits per heavy atom. The van der Waals surface area contributed by atoms with Gasteiger partial charge in [-0.15, -0.1) is 0 Å². The van der Waals surface area contributed by atoms with Gasteiger partial charge < -0.3 is 14.6 Å². The Morgan fingerprint density at radius 1 is 1.45 bits per heavy atom. The first kappa shape index (κ1) is 14.8. The second-order valence-corrected chi connectivity index (χ2v) is 6.51. The van der Waals surface area contributed by atoms with Crippen LogP contribution in [0.2, 0.25) is 0 Å². The van der Waals surface area contributed by atoms with Gasteiger partial charge >= 0.3 is 6.09 Å². The summed E-state index contributed by atoms with van der Waals surface area (Å²) in [5.74, 6) is 0. The van der Waals surface area contributed by atoms with Gasteiger partial charge in [0.2, 0.25) is 0 Å². The lowest BCUT2D eigenvalue weighted by atomic mass is 10.2. The number of aromatic nitrogens is 2. The van der Waals surface area contributed by atoms with E-state index in [2.05, 4.69) is 25.9 Å². The minimum absolute atomic E-state index is 0.342. The van der Waals surface area contributed by atoms with E-state index < -0.39 is 5.60 Å². The smallest absolute Gasteiger partial charge is 0.410 e. The van der Waals surface area contributed by atoms with Crippen LogP contribution in [0.25, 0.3) is 11.0 Å². The number of carbonyl (C=O) groups is 1. The molecule has 108 valence electrons. The predicted molar refractivity (Wildman–Crippen MR) is 81.5 cm³/mol. The molecule has 0 radical (unpaired) electrons. The molecule has 0 atom stereocenters. The van der Waals surface area contributed by atoms with Crippen LogP contribution in [-0.4, -0.2) is 33.6 Å². The zero-order valence-corrected chi connectivity index (χ0v) is 13.6. The van der Waals surface area contributed by atoms with Crippen molar-refractivity contribution >= 4 is 33.1 Å². The Balaban J connectivity index is 2.09. The van der Waals surface area contributed by atoms with Crippen molar-refractivity contribution in [3.63, 3.8) is 0 Å². The summed E-state index contributed by atoms with van der Waals surface area (Å²) in [6, 6.07) is 5.75. The number of hydrogen-bond acceptors (Lipinski definition) is 3. The van der Waals surface area contributed by atoms with Crippen molar-refractivity contribution < 1.29 is 9.53 Å². The van der Waals surface area contributed by atoms with Gasteiger partial charge in [-0.25, -0.2) is 9.78 Å². The normalized spacial score (nSPS) is 11.7. The first-order chi connectivity index (χ1) is 9.24. The maximum absolute atomic E-state index is 11.9. The molecule has 5 nitrogen and oxygen atoms in total. The lowest BCUT2D eigenvalue weighted by molar-refractivity contribution is 0.0283. The summed E-state index contributed by atoms with van der Waals surface area (Å²) in [5.41, 5.74) is 2.24. The lowest BCUT2D eigenvalue weighted by Crippen LogP contribution is -2.33. The van der Waals surface area contributed by atoms with Crippen LogP contribution in [0.15, 0.2) is 22.8 Å². The average molecular weight is 340 g/mol. The Hall–Kier alpha value is -1.56. The van der Waals surface area contributed by atoms with E-state index in [-0.39, 0.29) is 6.09 Å². The van der Waals surface area contributed by atoms with Crippen LogP contribution in [0.3, 0.4) is 0 Å². The number of halogens is 1. The molecule has 2 aromatic rings. The van der Waals surface area contributed by atoms with Crippen LogP contribution in [0.4, 0.5) is 4.79 Å². The monoisotopic (exact) mass is 339 g/mol. The molecule has 0 aliphatic rings. The third-order valence-corrected chi connectivity index (χ3v) is 3.05. The minimum Gasteiger partial charge on any atom is -0.444 e. The van der Waals surface area contributed by atoms with Crippen molar-refractivity contribution in [1.29, 1.82) is 0 Å². The molecule has 0 fully saturated rings. The molecule has 2 heterocycles. The number of fused-ring (bicyclic) bond motifs is 1. The molecule has 0 unspecified atom stereocenters. The molecule has 2 rings (SSSR count). The molecule has 2 aromatic heterocycles. The number of amides is 1. The molecular weight excluding hydrogens is 322 g/mol. The van der Waals surface area contributed by atoms with Crippen molar-refractivity contribution in [2.24, 2.45) is 0 Å². The number of hydrogen-bond donors (Lipinski definition) is 1. The first-order valence-corrected chi connectivity index (χ1v) is 7.12. The zero-order chi connectivity index (χ0) is 14.9. The van der Waals surface area contributed by atoms with E-state index in [4.69, 9.17) is 4.74 Å². The van der Waals surface area contributed by atoms with Crippen molar-refractivity contribution in [1.82, 2.24) is 14.9 Å². The molecule has 1 N–H and O–H groups in total. The Labute approximate surface area is 126 Å². The molecule has 6 heteroatoms. The van der Waals surface area contributed by atoms with Gasteiger partial charge in [0.05, 0.1) is 17.6 Å². The molecular formula is C14H18BrN3O2. The standard InChI is InChI=1S/C14H18BrN3O2/c1-14(2,3)20-13(19)18(4)8-9-7-11-10(16-9)5-6-12(15)17-11/h5-7,16H,8H2,1-4H3. The number of carbonyl (C=O) groups excluding carboxylic acids is 1. The van der Waals surface area contributed by atoms with Crippen LogP contribution < -0.4 is 0 Å². The van der Waals surface area contributed by atoms with Gasteiger partial charge in [0.15, 0.2) is 0 Å². The van der Waals surface area contributed by atoms with Crippen molar-refractivity contribution in [2.45, 2.75) is 32.9 Å². The Morgan fingerprint density at radius 3 is 2.80 bits per heavy atom. The summed E-state index contributed by atoms with van der Waals surface area (Å²) < 4.78 is 6.10. The third kappa shape index (κ3) is 3.72. The fraction of sp³-hybridized carbons (Fsp3) is 0.429. The van der Waals surface area contributed by atoms with Gasteiger partial charge in [0.1, 0.15) is 10.2 Å². The molecule has 0 spiro atoms. The summed E-state index contributed by atoms with van der Waals surface area (Å²) in [7, 11) is 1.71. The second kappa shape index (κ2) is 5.44. The van der Waals surface area contributed by atoms with E-state index in [1.165, 1.54) is 4.90 Å². The fourth-order valence-electron chi connectivity index (χ4n) is 1.78. The van der Waals surface area contributed by atoms with Gasteiger partial charge in [-0.1, -0.05) is 0 Å². The van der Waals surface area contributed by atoms with E-state index >= 15 is 0 Å².